The Balaban J connectivity index is 1.32. The third kappa shape index (κ3) is 3.85. The van der Waals surface area contributed by atoms with Gasteiger partial charge in [-0.1, -0.05) is 12.1 Å². The molecule has 2 aromatic carbocycles. The molecule has 0 bridgehead atoms. The van der Waals surface area contributed by atoms with Crippen molar-refractivity contribution >= 4 is 39.1 Å². The molecular weight excluding hydrogens is 408 g/mol. The molecule has 7 heteroatoms. The standard InChI is InChI=1S/C24H20N4O2S/c1-15-4-9-19-21(11-15)31-23(27-19)17-5-7-18(8-6-17)28-22(29)12-20(24(28)30)26-14-16-3-2-10-25-13-16/h2-11,13,20,26H,12,14H2,1H3. The number of nitrogens with one attached hydrogen (secondary N) is 1. The van der Waals surface area contributed by atoms with E-state index in [0.717, 1.165) is 26.4 Å². The van der Waals surface area contributed by atoms with E-state index in [1.54, 1.807) is 23.7 Å². The molecule has 1 aliphatic heterocycles. The summed E-state index contributed by atoms with van der Waals surface area (Å²) in [6, 6.07) is 16.9. The van der Waals surface area contributed by atoms with Gasteiger partial charge in [0.05, 0.1) is 28.4 Å². The van der Waals surface area contributed by atoms with Crippen molar-refractivity contribution in [1.82, 2.24) is 15.3 Å². The van der Waals surface area contributed by atoms with E-state index in [1.165, 1.54) is 10.5 Å². The highest BCUT2D eigenvalue weighted by Crippen LogP contribution is 2.32. The maximum absolute atomic E-state index is 12.9. The molecule has 0 saturated carbocycles. The highest BCUT2D eigenvalue weighted by atomic mass is 32.1. The number of pyridine rings is 1. The Kier molecular flexibility index (Phi) is 5.05. The maximum atomic E-state index is 12.9. The van der Waals surface area contributed by atoms with Gasteiger partial charge in [-0.15, -0.1) is 11.3 Å². The van der Waals surface area contributed by atoms with Crippen LogP contribution < -0.4 is 10.2 Å². The quantitative estimate of drug-likeness (QED) is 0.485. The first-order chi connectivity index (χ1) is 15.1. The largest absolute Gasteiger partial charge is 0.301 e. The number of benzene rings is 2. The first kappa shape index (κ1) is 19.5. The van der Waals surface area contributed by atoms with Crippen LogP contribution in [-0.2, 0) is 16.1 Å². The van der Waals surface area contributed by atoms with Gasteiger partial charge in [0.2, 0.25) is 5.91 Å². The van der Waals surface area contributed by atoms with Crippen LogP contribution in [0.5, 0.6) is 0 Å². The number of aromatic nitrogens is 2. The zero-order valence-corrected chi connectivity index (χ0v) is 17.7. The van der Waals surface area contributed by atoms with Crippen molar-refractivity contribution in [3.05, 3.63) is 78.1 Å². The SMILES string of the molecule is Cc1ccc2nc(-c3ccc(N4C(=O)CC(NCc5cccnc5)C4=O)cc3)sc2c1. The van der Waals surface area contributed by atoms with Gasteiger partial charge in [-0.2, -0.15) is 0 Å². The molecule has 4 aromatic rings. The van der Waals surface area contributed by atoms with Crippen molar-refractivity contribution in [2.24, 2.45) is 0 Å². The van der Waals surface area contributed by atoms with Crippen molar-refractivity contribution < 1.29 is 9.59 Å². The van der Waals surface area contributed by atoms with E-state index in [2.05, 4.69) is 29.4 Å². The number of imide groups is 1. The third-order valence-corrected chi connectivity index (χ3v) is 6.41. The van der Waals surface area contributed by atoms with E-state index in [4.69, 9.17) is 4.98 Å². The summed E-state index contributed by atoms with van der Waals surface area (Å²) in [5.74, 6) is -0.422. The monoisotopic (exact) mass is 428 g/mol. The van der Waals surface area contributed by atoms with Crippen LogP contribution in [0.15, 0.2) is 67.0 Å². The second kappa shape index (κ2) is 8.02. The molecule has 154 valence electrons. The zero-order valence-electron chi connectivity index (χ0n) is 16.9. The van der Waals surface area contributed by atoms with Gasteiger partial charge in [0, 0.05) is 24.5 Å². The fraction of sp³-hybridized carbons (Fsp3) is 0.167. The Morgan fingerprint density at radius 1 is 1.13 bits per heavy atom. The second-order valence-corrected chi connectivity index (χ2v) is 8.63. The number of carbonyl (C=O) groups is 2. The number of carbonyl (C=O) groups excluding carboxylic acids is 2. The topological polar surface area (TPSA) is 75.2 Å². The van der Waals surface area contributed by atoms with Crippen molar-refractivity contribution in [2.45, 2.75) is 25.9 Å². The van der Waals surface area contributed by atoms with Gasteiger partial charge < -0.3 is 5.32 Å². The van der Waals surface area contributed by atoms with Gasteiger partial charge in [0.15, 0.2) is 0 Å². The number of fused-ring (bicyclic) bond motifs is 1. The highest BCUT2D eigenvalue weighted by Gasteiger charge is 2.39. The molecule has 0 spiro atoms. The van der Waals surface area contributed by atoms with Crippen LogP contribution in [0.3, 0.4) is 0 Å². The second-order valence-electron chi connectivity index (χ2n) is 7.60. The molecule has 0 radical (unpaired) electrons. The Hall–Kier alpha value is -3.42. The van der Waals surface area contributed by atoms with Crippen molar-refractivity contribution in [1.29, 1.82) is 0 Å². The number of anilines is 1. The molecule has 3 heterocycles. The lowest BCUT2D eigenvalue weighted by molar-refractivity contribution is -0.121. The summed E-state index contributed by atoms with van der Waals surface area (Å²) in [5.41, 5.74) is 4.70. The first-order valence-electron chi connectivity index (χ1n) is 10.1. The Labute approximate surface area is 183 Å². The summed E-state index contributed by atoms with van der Waals surface area (Å²) in [6.45, 7) is 2.55. The summed E-state index contributed by atoms with van der Waals surface area (Å²) in [5, 5.41) is 4.09. The molecule has 1 fully saturated rings. The molecule has 1 unspecified atom stereocenters. The van der Waals surface area contributed by atoms with Gasteiger partial charge >= 0.3 is 0 Å². The van der Waals surface area contributed by atoms with Crippen LogP contribution in [0.25, 0.3) is 20.8 Å². The average Bonchev–Trinajstić information content (AvgIpc) is 3.33. The van der Waals surface area contributed by atoms with Crippen LogP contribution in [0, 0.1) is 6.92 Å². The lowest BCUT2D eigenvalue weighted by atomic mass is 10.2. The minimum Gasteiger partial charge on any atom is -0.301 e. The summed E-state index contributed by atoms with van der Waals surface area (Å²) >= 11 is 1.63. The summed E-state index contributed by atoms with van der Waals surface area (Å²) in [6.07, 6.45) is 3.60. The van der Waals surface area contributed by atoms with E-state index in [-0.39, 0.29) is 18.2 Å². The molecule has 1 saturated heterocycles. The van der Waals surface area contributed by atoms with E-state index in [0.29, 0.717) is 12.2 Å². The van der Waals surface area contributed by atoms with E-state index in [9.17, 15) is 9.59 Å². The smallest absolute Gasteiger partial charge is 0.251 e. The van der Waals surface area contributed by atoms with Crippen molar-refractivity contribution in [2.75, 3.05) is 4.90 Å². The van der Waals surface area contributed by atoms with Crippen molar-refractivity contribution in [3.63, 3.8) is 0 Å². The lowest BCUT2D eigenvalue weighted by Crippen LogP contribution is -2.38. The molecule has 2 amide bonds. The number of nitrogens with zero attached hydrogens (tertiary/aromatic N) is 3. The van der Waals surface area contributed by atoms with Crippen molar-refractivity contribution in [3.8, 4) is 10.6 Å². The number of rotatable bonds is 5. The minimum atomic E-state index is -0.528. The van der Waals surface area contributed by atoms with Crippen LogP contribution in [0.1, 0.15) is 17.5 Å². The van der Waals surface area contributed by atoms with Crippen LogP contribution in [0.4, 0.5) is 5.69 Å². The number of thiazole rings is 1. The number of hydrogen-bond donors (Lipinski definition) is 1. The summed E-state index contributed by atoms with van der Waals surface area (Å²) in [7, 11) is 0. The fourth-order valence-corrected chi connectivity index (χ4v) is 4.78. The Morgan fingerprint density at radius 3 is 2.74 bits per heavy atom. The lowest BCUT2D eigenvalue weighted by Gasteiger charge is -2.16. The van der Waals surface area contributed by atoms with Gasteiger partial charge in [-0.05, 0) is 60.5 Å². The molecule has 2 aromatic heterocycles. The van der Waals surface area contributed by atoms with Gasteiger partial charge in [0.25, 0.3) is 5.91 Å². The van der Waals surface area contributed by atoms with Crippen LogP contribution in [-0.4, -0.2) is 27.8 Å². The molecule has 1 aliphatic rings. The highest BCUT2D eigenvalue weighted by molar-refractivity contribution is 7.21. The molecule has 0 aliphatic carbocycles. The molecule has 6 nitrogen and oxygen atoms in total. The maximum Gasteiger partial charge on any atom is 0.251 e. The molecular formula is C24H20N4O2S. The van der Waals surface area contributed by atoms with Gasteiger partial charge in [-0.3, -0.25) is 14.6 Å². The zero-order chi connectivity index (χ0) is 21.4. The molecule has 1 atom stereocenters. The van der Waals surface area contributed by atoms with E-state index < -0.39 is 6.04 Å². The predicted octanol–water partition coefficient (Wildman–Crippen LogP) is 4.09. The molecule has 5 rings (SSSR count). The summed E-state index contributed by atoms with van der Waals surface area (Å²) in [4.78, 5) is 35.5. The Morgan fingerprint density at radius 2 is 1.97 bits per heavy atom. The normalized spacial score (nSPS) is 16.4. The number of amides is 2. The minimum absolute atomic E-state index is 0.151. The average molecular weight is 429 g/mol. The van der Waals surface area contributed by atoms with Gasteiger partial charge in [-0.25, -0.2) is 9.88 Å². The molecule has 1 N–H and O–H groups in total. The number of hydrogen-bond acceptors (Lipinski definition) is 6. The summed E-state index contributed by atoms with van der Waals surface area (Å²) < 4.78 is 1.14. The molecule has 31 heavy (non-hydrogen) atoms. The van der Waals surface area contributed by atoms with Crippen LogP contribution in [0.2, 0.25) is 0 Å². The van der Waals surface area contributed by atoms with E-state index in [1.807, 2.05) is 42.5 Å². The van der Waals surface area contributed by atoms with E-state index >= 15 is 0 Å². The first-order valence-corrected chi connectivity index (χ1v) is 10.9. The number of aryl methyl sites for hydroxylation is 1. The fourth-order valence-electron chi connectivity index (χ4n) is 3.71. The third-order valence-electron chi connectivity index (χ3n) is 5.34. The van der Waals surface area contributed by atoms with Crippen LogP contribution >= 0.6 is 11.3 Å². The van der Waals surface area contributed by atoms with Gasteiger partial charge in [0.1, 0.15) is 5.01 Å². The predicted molar refractivity (Wildman–Crippen MR) is 122 cm³/mol. The Bertz CT molecular complexity index is 1270.